The molecule has 0 saturated heterocycles. The Morgan fingerprint density at radius 3 is 2.68 bits per heavy atom. The van der Waals surface area contributed by atoms with Gasteiger partial charge in [0, 0.05) is 13.2 Å². The van der Waals surface area contributed by atoms with Gasteiger partial charge in [-0.05, 0) is 19.1 Å². The highest BCUT2D eigenvalue weighted by atomic mass is 35.5. The lowest BCUT2D eigenvalue weighted by Gasteiger charge is -2.08. The summed E-state index contributed by atoms with van der Waals surface area (Å²) in [6.45, 7) is 1.62. The molecule has 0 saturated carbocycles. The Morgan fingerprint density at radius 2 is 2.16 bits per heavy atom. The number of halogens is 1. The fraction of sp³-hybridized carbons (Fsp3) is 0.200. The first kappa shape index (κ1) is 13.6. The molecule has 0 radical (unpaired) electrons. The molecule has 102 valence electrons. The molecule has 0 spiro atoms. The summed E-state index contributed by atoms with van der Waals surface area (Å²) < 4.78 is 28.3. The van der Waals surface area contributed by atoms with Crippen molar-refractivity contribution in [3.05, 3.63) is 29.2 Å². The Labute approximate surface area is 115 Å². The Kier molecular flexibility index (Phi) is 3.38. The highest BCUT2D eigenvalue weighted by molar-refractivity contribution is 7.93. The van der Waals surface area contributed by atoms with E-state index in [2.05, 4.69) is 14.8 Å². The van der Waals surface area contributed by atoms with Crippen molar-refractivity contribution in [3.63, 3.8) is 0 Å². The average Bonchev–Trinajstić information content (AvgIpc) is 2.52. The summed E-state index contributed by atoms with van der Waals surface area (Å²) in [5.41, 5.74) is 6.38. The Bertz CT molecular complexity index is 726. The molecule has 0 atom stereocenters. The summed E-state index contributed by atoms with van der Waals surface area (Å²) in [5, 5.41) is 4.06. The minimum atomic E-state index is -3.82. The number of nitrogen functional groups attached to an aromatic ring is 1. The van der Waals surface area contributed by atoms with Gasteiger partial charge in [0.05, 0.1) is 11.4 Å². The molecular weight excluding hydrogens is 290 g/mol. The predicted octanol–water partition coefficient (Wildman–Crippen LogP) is 1.16. The summed E-state index contributed by atoms with van der Waals surface area (Å²) in [4.78, 5) is 3.73. The van der Waals surface area contributed by atoms with Gasteiger partial charge in [0.15, 0.2) is 10.7 Å². The van der Waals surface area contributed by atoms with E-state index in [1.165, 1.54) is 23.0 Å². The summed E-state index contributed by atoms with van der Waals surface area (Å²) in [6.07, 6.45) is 1.40. The normalized spacial score (nSPS) is 11.5. The molecule has 2 aromatic rings. The Morgan fingerprint density at radius 1 is 1.47 bits per heavy atom. The maximum absolute atomic E-state index is 12.3. The molecule has 0 aliphatic rings. The van der Waals surface area contributed by atoms with Crippen molar-refractivity contribution < 1.29 is 8.42 Å². The van der Waals surface area contributed by atoms with Gasteiger partial charge in [-0.3, -0.25) is 9.40 Å². The monoisotopic (exact) mass is 301 g/mol. The van der Waals surface area contributed by atoms with Crippen LogP contribution in [0.4, 0.5) is 11.5 Å². The number of nitrogens with two attached hydrogens (primary N) is 1. The summed E-state index contributed by atoms with van der Waals surface area (Å²) in [7, 11) is -2.20. The zero-order valence-corrected chi connectivity index (χ0v) is 11.8. The van der Waals surface area contributed by atoms with Gasteiger partial charge < -0.3 is 5.73 Å². The van der Waals surface area contributed by atoms with Gasteiger partial charge >= 0.3 is 0 Å². The Balaban J connectivity index is 2.44. The molecule has 0 aromatic carbocycles. The van der Waals surface area contributed by atoms with E-state index in [4.69, 9.17) is 17.3 Å². The van der Waals surface area contributed by atoms with Gasteiger partial charge in [-0.15, -0.1) is 0 Å². The fourth-order valence-corrected chi connectivity index (χ4v) is 3.17. The lowest BCUT2D eigenvalue weighted by Crippen LogP contribution is -2.15. The van der Waals surface area contributed by atoms with E-state index in [9.17, 15) is 8.42 Å². The van der Waals surface area contributed by atoms with Crippen molar-refractivity contribution in [2.75, 3.05) is 10.5 Å². The summed E-state index contributed by atoms with van der Waals surface area (Å²) in [6, 6.07) is 2.90. The molecule has 0 unspecified atom stereocenters. The number of hydrogen-bond acceptors (Lipinski definition) is 5. The molecule has 9 heteroatoms. The molecule has 0 amide bonds. The van der Waals surface area contributed by atoms with Crippen LogP contribution in [0, 0.1) is 6.92 Å². The number of aromatic nitrogens is 3. The quantitative estimate of drug-likeness (QED) is 0.828. The largest absolute Gasteiger partial charge is 0.381 e. The third-order valence-corrected chi connectivity index (χ3v) is 4.31. The van der Waals surface area contributed by atoms with E-state index in [-0.39, 0.29) is 15.9 Å². The smallest absolute Gasteiger partial charge is 0.267 e. The molecule has 19 heavy (non-hydrogen) atoms. The van der Waals surface area contributed by atoms with Crippen LogP contribution in [0.15, 0.2) is 23.2 Å². The summed E-state index contributed by atoms with van der Waals surface area (Å²) in [5.74, 6) is -0.0485. The predicted molar refractivity (Wildman–Crippen MR) is 72.4 cm³/mol. The van der Waals surface area contributed by atoms with Gasteiger partial charge in [0.1, 0.15) is 5.15 Å². The number of nitrogens with zero attached hydrogens (tertiary/aromatic N) is 3. The number of sulfonamides is 1. The molecule has 7 nitrogen and oxygen atoms in total. The van der Waals surface area contributed by atoms with E-state index >= 15 is 0 Å². The SMILES string of the molecule is Cc1c(S(=O)(=O)Nc2ccnc(Cl)c2)c(N)nn1C. The summed E-state index contributed by atoms with van der Waals surface area (Å²) >= 11 is 5.70. The van der Waals surface area contributed by atoms with Gasteiger partial charge in [-0.25, -0.2) is 13.4 Å². The van der Waals surface area contributed by atoms with Crippen molar-refractivity contribution in [3.8, 4) is 0 Å². The highest BCUT2D eigenvalue weighted by Gasteiger charge is 2.24. The first-order valence-electron chi connectivity index (χ1n) is 5.24. The molecule has 0 bridgehead atoms. The topological polar surface area (TPSA) is 103 Å². The van der Waals surface area contributed by atoms with Crippen LogP contribution < -0.4 is 10.5 Å². The maximum atomic E-state index is 12.3. The van der Waals surface area contributed by atoms with Crippen molar-refractivity contribution in [2.24, 2.45) is 7.05 Å². The van der Waals surface area contributed by atoms with E-state index in [1.54, 1.807) is 14.0 Å². The van der Waals surface area contributed by atoms with Crippen LogP contribution >= 0.6 is 11.6 Å². The first-order valence-corrected chi connectivity index (χ1v) is 7.11. The molecule has 2 rings (SSSR count). The minimum absolute atomic E-state index is 0.0389. The van der Waals surface area contributed by atoms with Gasteiger partial charge in [-0.2, -0.15) is 5.10 Å². The Hall–Kier alpha value is -1.80. The zero-order valence-electron chi connectivity index (χ0n) is 10.3. The van der Waals surface area contributed by atoms with Crippen molar-refractivity contribution >= 4 is 33.1 Å². The van der Waals surface area contributed by atoms with Gasteiger partial charge in [0.2, 0.25) is 0 Å². The third-order valence-electron chi connectivity index (χ3n) is 2.55. The van der Waals surface area contributed by atoms with E-state index in [0.29, 0.717) is 11.4 Å². The molecule has 2 aromatic heterocycles. The molecule has 3 N–H and O–H groups in total. The van der Waals surface area contributed by atoms with Crippen LogP contribution in [-0.2, 0) is 17.1 Å². The second-order valence-corrected chi connectivity index (χ2v) is 5.90. The average molecular weight is 302 g/mol. The number of anilines is 2. The fourth-order valence-electron chi connectivity index (χ4n) is 1.62. The van der Waals surface area contributed by atoms with Crippen LogP contribution in [0.3, 0.4) is 0 Å². The second-order valence-electron chi connectivity index (χ2n) is 3.90. The lowest BCUT2D eigenvalue weighted by molar-refractivity contribution is 0.600. The molecular formula is C10H12ClN5O2S. The first-order chi connectivity index (χ1) is 8.81. The van der Waals surface area contributed by atoms with Gasteiger partial charge in [-0.1, -0.05) is 11.6 Å². The molecule has 0 aliphatic carbocycles. The van der Waals surface area contributed by atoms with Crippen molar-refractivity contribution in [2.45, 2.75) is 11.8 Å². The highest BCUT2D eigenvalue weighted by Crippen LogP contribution is 2.24. The third kappa shape index (κ3) is 2.64. The molecule has 2 heterocycles. The number of nitrogens with one attached hydrogen (secondary N) is 1. The van der Waals surface area contributed by atoms with Crippen LogP contribution in [-0.4, -0.2) is 23.2 Å². The number of rotatable bonds is 3. The standard InChI is InChI=1S/C10H12ClN5O2S/c1-6-9(10(12)14-16(6)2)19(17,18)15-7-3-4-13-8(11)5-7/h3-5H,1-2H3,(H2,12,14)(H,13,15). The maximum Gasteiger partial charge on any atom is 0.267 e. The van der Waals surface area contributed by atoms with Crippen molar-refractivity contribution in [1.29, 1.82) is 0 Å². The molecule has 0 fully saturated rings. The second kappa shape index (κ2) is 4.71. The number of aryl methyl sites for hydroxylation is 1. The van der Waals surface area contributed by atoms with Crippen LogP contribution in [0.5, 0.6) is 0 Å². The van der Waals surface area contributed by atoms with E-state index in [0.717, 1.165) is 0 Å². The molecule has 0 aliphatic heterocycles. The van der Waals surface area contributed by atoms with E-state index < -0.39 is 10.0 Å². The van der Waals surface area contributed by atoms with Gasteiger partial charge in [0.25, 0.3) is 10.0 Å². The lowest BCUT2D eigenvalue weighted by atomic mass is 10.4. The number of hydrogen-bond donors (Lipinski definition) is 2. The van der Waals surface area contributed by atoms with Crippen LogP contribution in [0.1, 0.15) is 5.69 Å². The van der Waals surface area contributed by atoms with Crippen LogP contribution in [0.2, 0.25) is 5.15 Å². The van der Waals surface area contributed by atoms with Crippen molar-refractivity contribution in [1.82, 2.24) is 14.8 Å². The minimum Gasteiger partial charge on any atom is -0.381 e. The zero-order chi connectivity index (χ0) is 14.2. The number of pyridine rings is 1. The van der Waals surface area contributed by atoms with Crippen LogP contribution in [0.25, 0.3) is 0 Å². The van der Waals surface area contributed by atoms with E-state index in [1.807, 2.05) is 0 Å².